The molecule has 0 fully saturated rings. The lowest BCUT2D eigenvalue weighted by Gasteiger charge is -2.32. The standard InChI is InChI=1S/C14H16BrN3O2.C6H6/c1-2-6-18-12(19)14(17-13(18)16)5-7-20-11-4-3-9(15)8-10(11)14;1-2-4-6-5-3-1/h3-4,8H,2,5-7H2,1H3,(H2,16,17);1-6H/t14-;/m0./s1. The SMILES string of the molecule is CCCN1C(=O)[C@@]2(CCOc3ccc(Br)cc32)N=C1N.c1ccccc1. The number of aliphatic imine (C=N–C) groups is 1. The summed E-state index contributed by atoms with van der Waals surface area (Å²) in [5.74, 6) is 0.979. The van der Waals surface area contributed by atoms with Crippen LogP contribution >= 0.6 is 15.9 Å². The van der Waals surface area contributed by atoms with Crippen molar-refractivity contribution in [1.29, 1.82) is 0 Å². The number of hydrogen-bond donors (Lipinski definition) is 1. The number of carbonyl (C=O) groups excluding carboxylic acids is 1. The summed E-state index contributed by atoms with van der Waals surface area (Å²) >= 11 is 3.44. The fourth-order valence-electron chi connectivity index (χ4n) is 3.19. The van der Waals surface area contributed by atoms with Crippen molar-refractivity contribution >= 4 is 27.8 Å². The first-order chi connectivity index (χ1) is 12.6. The monoisotopic (exact) mass is 415 g/mol. The minimum absolute atomic E-state index is 0.0421. The van der Waals surface area contributed by atoms with Crippen LogP contribution in [0, 0.1) is 0 Å². The van der Waals surface area contributed by atoms with Gasteiger partial charge in [0.15, 0.2) is 11.5 Å². The smallest absolute Gasteiger partial charge is 0.262 e. The van der Waals surface area contributed by atoms with E-state index in [0.717, 1.165) is 16.5 Å². The van der Waals surface area contributed by atoms with E-state index in [1.165, 1.54) is 0 Å². The quantitative estimate of drug-likeness (QED) is 0.812. The second-order valence-corrected chi connectivity index (χ2v) is 7.10. The summed E-state index contributed by atoms with van der Waals surface area (Å²) in [7, 11) is 0. The van der Waals surface area contributed by atoms with Crippen molar-refractivity contribution in [3.63, 3.8) is 0 Å². The van der Waals surface area contributed by atoms with Crippen molar-refractivity contribution in [2.45, 2.75) is 25.3 Å². The van der Waals surface area contributed by atoms with E-state index >= 15 is 0 Å². The largest absolute Gasteiger partial charge is 0.493 e. The lowest BCUT2D eigenvalue weighted by molar-refractivity contribution is -0.132. The third kappa shape index (κ3) is 3.46. The van der Waals surface area contributed by atoms with Gasteiger partial charge in [0.2, 0.25) is 0 Å². The van der Waals surface area contributed by atoms with E-state index in [1.807, 2.05) is 61.5 Å². The summed E-state index contributed by atoms with van der Waals surface area (Å²) in [5.41, 5.74) is 5.85. The average Bonchev–Trinajstić information content (AvgIpc) is 2.90. The predicted octanol–water partition coefficient (Wildman–Crippen LogP) is 3.68. The fourth-order valence-corrected chi connectivity index (χ4v) is 3.55. The Hall–Kier alpha value is -2.34. The highest BCUT2D eigenvalue weighted by molar-refractivity contribution is 9.10. The van der Waals surface area contributed by atoms with E-state index in [9.17, 15) is 4.79 Å². The Balaban J connectivity index is 0.000000278. The number of guanidine groups is 1. The Morgan fingerprint density at radius 2 is 1.88 bits per heavy atom. The van der Waals surface area contributed by atoms with Crippen molar-refractivity contribution in [3.05, 3.63) is 64.6 Å². The molecule has 2 N–H and O–H groups in total. The van der Waals surface area contributed by atoms with Gasteiger partial charge >= 0.3 is 0 Å². The second-order valence-electron chi connectivity index (χ2n) is 6.18. The Morgan fingerprint density at radius 3 is 2.50 bits per heavy atom. The summed E-state index contributed by atoms with van der Waals surface area (Å²) in [6.07, 6.45) is 1.37. The van der Waals surface area contributed by atoms with Gasteiger partial charge in [-0.3, -0.25) is 9.69 Å². The summed E-state index contributed by atoms with van der Waals surface area (Å²) < 4.78 is 6.54. The molecule has 0 unspecified atom stereocenters. The van der Waals surface area contributed by atoms with Crippen LogP contribution in [-0.4, -0.2) is 29.9 Å². The van der Waals surface area contributed by atoms with Crippen LogP contribution in [0.3, 0.4) is 0 Å². The van der Waals surface area contributed by atoms with Gasteiger partial charge in [-0.25, -0.2) is 4.99 Å². The van der Waals surface area contributed by atoms with E-state index in [0.29, 0.717) is 31.3 Å². The minimum Gasteiger partial charge on any atom is -0.493 e. The van der Waals surface area contributed by atoms with Gasteiger partial charge in [-0.1, -0.05) is 59.3 Å². The fraction of sp³-hybridized carbons (Fsp3) is 0.300. The van der Waals surface area contributed by atoms with Gasteiger partial charge in [-0.05, 0) is 24.6 Å². The maximum absolute atomic E-state index is 12.8. The number of rotatable bonds is 2. The summed E-state index contributed by atoms with van der Waals surface area (Å²) in [6, 6.07) is 17.7. The summed E-state index contributed by atoms with van der Waals surface area (Å²) in [5, 5.41) is 0. The summed E-state index contributed by atoms with van der Waals surface area (Å²) in [4.78, 5) is 18.9. The molecule has 136 valence electrons. The van der Waals surface area contributed by atoms with Crippen molar-refractivity contribution < 1.29 is 9.53 Å². The molecule has 1 amide bonds. The van der Waals surface area contributed by atoms with Crippen LogP contribution in [0.2, 0.25) is 0 Å². The zero-order valence-corrected chi connectivity index (χ0v) is 16.3. The van der Waals surface area contributed by atoms with Crippen molar-refractivity contribution in [2.24, 2.45) is 10.7 Å². The highest BCUT2D eigenvalue weighted by Gasteiger charge is 2.51. The van der Waals surface area contributed by atoms with E-state index in [4.69, 9.17) is 10.5 Å². The molecule has 0 saturated heterocycles. The minimum atomic E-state index is -0.906. The molecule has 2 heterocycles. The zero-order chi connectivity index (χ0) is 18.6. The molecule has 1 spiro atoms. The van der Waals surface area contributed by atoms with Crippen LogP contribution < -0.4 is 10.5 Å². The van der Waals surface area contributed by atoms with Gasteiger partial charge in [-0.15, -0.1) is 0 Å². The molecule has 1 atom stereocenters. The average molecular weight is 416 g/mol. The molecule has 0 aliphatic carbocycles. The third-order valence-corrected chi connectivity index (χ3v) is 4.90. The molecule has 2 aliphatic rings. The van der Waals surface area contributed by atoms with Crippen LogP contribution in [0.5, 0.6) is 5.75 Å². The number of nitrogens with two attached hydrogens (primary N) is 1. The van der Waals surface area contributed by atoms with E-state index < -0.39 is 5.54 Å². The lowest BCUT2D eigenvalue weighted by atomic mass is 9.84. The van der Waals surface area contributed by atoms with E-state index in [-0.39, 0.29) is 5.91 Å². The van der Waals surface area contributed by atoms with Crippen molar-refractivity contribution in [2.75, 3.05) is 13.2 Å². The summed E-state index contributed by atoms with van der Waals surface area (Å²) in [6.45, 7) is 3.08. The highest BCUT2D eigenvalue weighted by atomic mass is 79.9. The van der Waals surface area contributed by atoms with Crippen LogP contribution in [0.25, 0.3) is 0 Å². The number of hydrogen-bond acceptors (Lipinski definition) is 4. The molecular formula is C20H22BrN3O2. The number of nitrogens with zero attached hydrogens (tertiary/aromatic N) is 2. The van der Waals surface area contributed by atoms with Crippen LogP contribution in [0.1, 0.15) is 25.3 Å². The van der Waals surface area contributed by atoms with Gasteiger partial charge in [0.25, 0.3) is 5.91 Å². The number of carbonyl (C=O) groups is 1. The van der Waals surface area contributed by atoms with E-state index in [1.54, 1.807) is 4.90 Å². The maximum atomic E-state index is 12.8. The molecule has 2 aromatic carbocycles. The Kier molecular flexibility index (Phi) is 5.61. The molecule has 0 saturated carbocycles. The molecule has 0 radical (unpaired) electrons. The Morgan fingerprint density at radius 1 is 1.23 bits per heavy atom. The van der Waals surface area contributed by atoms with Gasteiger partial charge in [0.05, 0.1) is 6.61 Å². The lowest BCUT2D eigenvalue weighted by Crippen LogP contribution is -2.45. The van der Waals surface area contributed by atoms with Crippen LogP contribution in [0.15, 0.2) is 64.1 Å². The molecular weight excluding hydrogens is 394 g/mol. The molecule has 2 aliphatic heterocycles. The number of amides is 1. The van der Waals surface area contributed by atoms with Crippen LogP contribution in [0.4, 0.5) is 0 Å². The molecule has 0 bridgehead atoms. The maximum Gasteiger partial charge on any atom is 0.262 e. The van der Waals surface area contributed by atoms with E-state index in [2.05, 4.69) is 20.9 Å². The highest BCUT2D eigenvalue weighted by Crippen LogP contribution is 2.44. The van der Waals surface area contributed by atoms with Gasteiger partial charge in [0.1, 0.15) is 5.75 Å². The molecule has 0 aromatic heterocycles. The Labute approximate surface area is 162 Å². The predicted molar refractivity (Wildman–Crippen MR) is 106 cm³/mol. The molecule has 4 rings (SSSR count). The second kappa shape index (κ2) is 7.91. The van der Waals surface area contributed by atoms with Gasteiger partial charge < -0.3 is 10.5 Å². The van der Waals surface area contributed by atoms with Crippen molar-refractivity contribution in [1.82, 2.24) is 4.90 Å². The molecule has 26 heavy (non-hydrogen) atoms. The number of ether oxygens (including phenoxy) is 1. The zero-order valence-electron chi connectivity index (χ0n) is 14.7. The normalized spacial score (nSPS) is 20.8. The first-order valence-corrected chi connectivity index (χ1v) is 9.48. The molecule has 6 heteroatoms. The van der Waals surface area contributed by atoms with Gasteiger partial charge in [0, 0.05) is 23.0 Å². The first kappa shape index (κ1) is 18.5. The number of fused-ring (bicyclic) bond motifs is 2. The van der Waals surface area contributed by atoms with Gasteiger partial charge in [-0.2, -0.15) is 0 Å². The first-order valence-electron chi connectivity index (χ1n) is 8.68. The number of halogens is 1. The van der Waals surface area contributed by atoms with Crippen LogP contribution in [-0.2, 0) is 10.3 Å². The van der Waals surface area contributed by atoms with Crippen molar-refractivity contribution in [3.8, 4) is 5.75 Å². The molecule has 5 nitrogen and oxygen atoms in total. The topological polar surface area (TPSA) is 67.9 Å². The molecule has 2 aromatic rings. The Bertz CT molecular complexity index is 783. The number of benzene rings is 2. The third-order valence-electron chi connectivity index (χ3n) is 4.40.